The summed E-state index contributed by atoms with van der Waals surface area (Å²) in [4.78, 5) is 25.0. The fraction of sp³-hybridized carbons (Fsp3) is 0.455. The number of thiophene rings is 1. The average Bonchev–Trinajstić information content (AvgIpc) is 2.73. The van der Waals surface area contributed by atoms with Gasteiger partial charge in [0.15, 0.2) is 0 Å². The smallest absolute Gasteiger partial charge is 0.233 e. The maximum absolute atomic E-state index is 11.8. The molecule has 3 nitrogen and oxygen atoms in total. The minimum atomic E-state index is -0.186. The van der Waals surface area contributed by atoms with Crippen LogP contribution < -0.4 is 0 Å². The van der Waals surface area contributed by atoms with Crippen molar-refractivity contribution in [1.82, 2.24) is 4.90 Å². The van der Waals surface area contributed by atoms with Crippen molar-refractivity contribution in [3.05, 3.63) is 20.8 Å². The molecule has 2 amide bonds. The third-order valence-electron chi connectivity index (χ3n) is 3.02. The zero-order valence-corrected chi connectivity index (χ0v) is 11.5. The number of carbonyl (C=O) groups excluding carboxylic acids is 2. The summed E-state index contributed by atoms with van der Waals surface area (Å²) >= 11 is 4.92. The first-order valence-corrected chi connectivity index (χ1v) is 6.76. The van der Waals surface area contributed by atoms with Gasteiger partial charge in [0.25, 0.3) is 0 Å². The van der Waals surface area contributed by atoms with Crippen LogP contribution in [0.2, 0.25) is 0 Å². The van der Waals surface area contributed by atoms with Crippen LogP contribution in [0.25, 0.3) is 0 Å². The molecule has 2 heterocycles. The topological polar surface area (TPSA) is 37.4 Å². The van der Waals surface area contributed by atoms with Gasteiger partial charge < -0.3 is 0 Å². The molecule has 0 aliphatic carbocycles. The van der Waals surface area contributed by atoms with Gasteiger partial charge in [-0.25, -0.2) is 0 Å². The molecule has 0 spiro atoms. The summed E-state index contributed by atoms with van der Waals surface area (Å²) in [5, 5.41) is 1.96. The highest BCUT2D eigenvalue weighted by Gasteiger charge is 2.41. The van der Waals surface area contributed by atoms with Crippen LogP contribution in [0, 0.1) is 11.8 Å². The lowest BCUT2D eigenvalue weighted by Gasteiger charge is -2.13. The van der Waals surface area contributed by atoms with Gasteiger partial charge >= 0.3 is 0 Å². The second-order valence-corrected chi connectivity index (χ2v) is 6.39. The van der Waals surface area contributed by atoms with Crippen molar-refractivity contribution in [2.45, 2.75) is 20.4 Å². The number of likely N-dealkylation sites (tertiary alicyclic amines) is 1. The van der Waals surface area contributed by atoms with E-state index in [4.69, 9.17) is 0 Å². The number of nitrogens with zero attached hydrogens (tertiary/aromatic N) is 1. The molecule has 0 aromatic carbocycles. The van der Waals surface area contributed by atoms with Gasteiger partial charge in [0, 0.05) is 11.8 Å². The molecule has 0 bridgehead atoms. The lowest BCUT2D eigenvalue weighted by atomic mass is 10.00. The maximum Gasteiger partial charge on any atom is 0.233 e. The molecular formula is C11H12BrNO2S. The number of rotatable bonds is 2. The molecule has 1 aliphatic heterocycles. The lowest BCUT2D eigenvalue weighted by molar-refractivity contribution is -0.140. The Morgan fingerprint density at radius 1 is 1.31 bits per heavy atom. The van der Waals surface area contributed by atoms with Crippen LogP contribution in [-0.2, 0) is 16.1 Å². The zero-order chi connectivity index (χ0) is 11.9. The first-order chi connectivity index (χ1) is 7.50. The highest BCUT2D eigenvalue weighted by molar-refractivity contribution is 9.11. The molecule has 0 radical (unpaired) electrons. The predicted octanol–water partition coefficient (Wildman–Crippen LogP) is 2.65. The number of halogens is 1. The van der Waals surface area contributed by atoms with E-state index in [0.29, 0.717) is 6.54 Å². The number of amides is 2. The molecule has 0 N–H and O–H groups in total. The summed E-state index contributed by atoms with van der Waals surface area (Å²) < 4.78 is 1.02. The van der Waals surface area contributed by atoms with E-state index in [1.54, 1.807) is 11.3 Å². The third-order valence-corrected chi connectivity index (χ3v) is 4.58. The van der Waals surface area contributed by atoms with Gasteiger partial charge in [-0.1, -0.05) is 13.8 Å². The highest BCUT2D eigenvalue weighted by atomic mass is 79.9. The van der Waals surface area contributed by atoms with E-state index >= 15 is 0 Å². The van der Waals surface area contributed by atoms with Crippen molar-refractivity contribution in [1.29, 1.82) is 0 Å². The molecule has 86 valence electrons. The predicted molar refractivity (Wildman–Crippen MR) is 65.9 cm³/mol. The lowest BCUT2D eigenvalue weighted by Crippen LogP contribution is -2.30. The van der Waals surface area contributed by atoms with Crippen molar-refractivity contribution in [2.75, 3.05) is 0 Å². The fourth-order valence-electron chi connectivity index (χ4n) is 1.80. The molecule has 16 heavy (non-hydrogen) atoms. The summed E-state index contributed by atoms with van der Waals surface area (Å²) in [5.74, 6) is -0.483. The minimum Gasteiger partial charge on any atom is -0.278 e. The van der Waals surface area contributed by atoms with Crippen LogP contribution in [0.4, 0.5) is 0 Å². The monoisotopic (exact) mass is 301 g/mol. The number of imide groups is 1. The van der Waals surface area contributed by atoms with Crippen LogP contribution in [0.15, 0.2) is 15.2 Å². The molecule has 1 fully saturated rings. The van der Waals surface area contributed by atoms with Crippen molar-refractivity contribution in [3.63, 3.8) is 0 Å². The Bertz CT molecular complexity index is 423. The van der Waals surface area contributed by atoms with Gasteiger partial charge in [0.05, 0.1) is 10.3 Å². The largest absolute Gasteiger partial charge is 0.278 e. The Morgan fingerprint density at radius 3 is 2.31 bits per heavy atom. The number of hydrogen-bond acceptors (Lipinski definition) is 3. The second kappa shape index (κ2) is 4.30. The van der Waals surface area contributed by atoms with Gasteiger partial charge in [-0.15, -0.1) is 11.3 Å². The molecule has 1 aromatic rings. The Morgan fingerprint density at radius 2 is 1.88 bits per heavy atom. The molecule has 1 saturated heterocycles. The molecule has 2 atom stereocenters. The molecule has 5 heteroatoms. The molecule has 2 rings (SSSR count). The molecule has 1 aromatic heterocycles. The molecule has 1 aliphatic rings. The van der Waals surface area contributed by atoms with Crippen molar-refractivity contribution < 1.29 is 9.59 Å². The third kappa shape index (κ3) is 1.94. The van der Waals surface area contributed by atoms with Gasteiger partial charge in [0.2, 0.25) is 11.8 Å². The van der Waals surface area contributed by atoms with Gasteiger partial charge in [0.1, 0.15) is 0 Å². The molecule has 0 unspecified atom stereocenters. The van der Waals surface area contributed by atoms with E-state index in [-0.39, 0.29) is 23.7 Å². The normalized spacial score (nSPS) is 25.6. The van der Waals surface area contributed by atoms with Crippen molar-refractivity contribution in [2.24, 2.45) is 11.8 Å². The number of carbonyl (C=O) groups is 2. The van der Waals surface area contributed by atoms with Crippen LogP contribution in [0.3, 0.4) is 0 Å². The van der Waals surface area contributed by atoms with E-state index in [0.717, 1.165) is 9.35 Å². The van der Waals surface area contributed by atoms with E-state index in [9.17, 15) is 9.59 Å². The Hall–Kier alpha value is -0.680. The Labute approximate surface area is 107 Å². The van der Waals surface area contributed by atoms with Crippen molar-refractivity contribution in [3.8, 4) is 0 Å². The quantitative estimate of drug-likeness (QED) is 0.788. The van der Waals surface area contributed by atoms with E-state index in [1.807, 2.05) is 25.3 Å². The fourth-order valence-corrected chi connectivity index (χ4v) is 3.00. The summed E-state index contributed by atoms with van der Waals surface area (Å²) in [6.45, 7) is 4.03. The van der Waals surface area contributed by atoms with Crippen LogP contribution in [0.5, 0.6) is 0 Å². The van der Waals surface area contributed by atoms with E-state index < -0.39 is 0 Å². The van der Waals surface area contributed by atoms with Gasteiger partial charge in [-0.05, 0) is 32.9 Å². The molecular weight excluding hydrogens is 290 g/mol. The Balaban J connectivity index is 2.16. The van der Waals surface area contributed by atoms with Gasteiger partial charge in [-0.2, -0.15) is 0 Å². The van der Waals surface area contributed by atoms with E-state index in [2.05, 4.69) is 15.9 Å². The molecule has 0 saturated carbocycles. The summed E-state index contributed by atoms with van der Waals surface area (Å²) in [6.07, 6.45) is 0. The highest BCUT2D eigenvalue weighted by Crippen LogP contribution is 2.28. The van der Waals surface area contributed by atoms with Crippen LogP contribution in [-0.4, -0.2) is 16.7 Å². The first-order valence-electron chi connectivity index (χ1n) is 5.09. The zero-order valence-electron chi connectivity index (χ0n) is 9.07. The van der Waals surface area contributed by atoms with Crippen LogP contribution in [0.1, 0.15) is 19.4 Å². The standard InChI is InChI=1S/C11H12BrNO2S/c1-6-7(2)11(15)13(10(6)14)4-8-3-9(12)16-5-8/h3,5-7H,4H2,1-2H3/t6-,7-/m1/s1. The summed E-state index contributed by atoms with van der Waals surface area (Å²) in [6, 6.07) is 1.94. The summed E-state index contributed by atoms with van der Waals surface area (Å²) in [5.41, 5.74) is 1.000. The minimum absolute atomic E-state index is 0.0557. The van der Waals surface area contributed by atoms with E-state index in [1.165, 1.54) is 4.90 Å². The maximum atomic E-state index is 11.8. The SMILES string of the molecule is C[C@H]1C(=O)N(Cc2csc(Br)c2)C(=O)[C@@H]1C. The second-order valence-electron chi connectivity index (χ2n) is 4.10. The van der Waals surface area contributed by atoms with Crippen molar-refractivity contribution >= 4 is 39.1 Å². The summed E-state index contributed by atoms with van der Waals surface area (Å²) in [7, 11) is 0. The van der Waals surface area contributed by atoms with Crippen LogP contribution >= 0.6 is 27.3 Å². The van der Waals surface area contributed by atoms with Gasteiger partial charge in [-0.3, -0.25) is 14.5 Å². The first kappa shape index (κ1) is 11.8. The average molecular weight is 302 g/mol. The number of hydrogen-bond donors (Lipinski definition) is 0. The Kier molecular flexibility index (Phi) is 3.17.